The molecule has 0 unspecified atom stereocenters. The molecule has 5 heteroatoms. The zero-order valence-electron chi connectivity index (χ0n) is 12.1. The van der Waals surface area contributed by atoms with Crippen molar-refractivity contribution in [1.29, 1.82) is 0 Å². The molecule has 0 aliphatic carbocycles. The van der Waals surface area contributed by atoms with Gasteiger partial charge in [0.1, 0.15) is 5.75 Å². The van der Waals surface area contributed by atoms with Crippen molar-refractivity contribution in [1.82, 2.24) is 4.57 Å². The number of aromatic nitrogens is 1. The van der Waals surface area contributed by atoms with Gasteiger partial charge in [0.25, 0.3) is 5.56 Å². The van der Waals surface area contributed by atoms with Gasteiger partial charge in [-0.25, -0.2) is 0 Å². The van der Waals surface area contributed by atoms with E-state index in [1.807, 2.05) is 19.1 Å². The van der Waals surface area contributed by atoms with Gasteiger partial charge in [-0.05, 0) is 53.5 Å². The first kappa shape index (κ1) is 15.5. The third-order valence-corrected chi connectivity index (χ3v) is 3.64. The maximum atomic E-state index is 12.4. The highest BCUT2D eigenvalue weighted by Gasteiger charge is 2.14. The maximum absolute atomic E-state index is 12.4. The first-order chi connectivity index (χ1) is 9.92. The van der Waals surface area contributed by atoms with Crippen molar-refractivity contribution in [3.63, 3.8) is 0 Å². The minimum absolute atomic E-state index is 0.0153. The summed E-state index contributed by atoms with van der Waals surface area (Å²) in [7, 11) is 1.53. The van der Waals surface area contributed by atoms with E-state index in [-0.39, 0.29) is 17.9 Å². The molecule has 0 atom stereocenters. The highest BCUT2D eigenvalue weighted by molar-refractivity contribution is 9.10. The summed E-state index contributed by atoms with van der Waals surface area (Å²) in [5, 5.41) is 0. The van der Waals surface area contributed by atoms with E-state index in [2.05, 4.69) is 15.9 Å². The summed E-state index contributed by atoms with van der Waals surface area (Å²) in [6, 6.07) is 7.12. The summed E-state index contributed by atoms with van der Waals surface area (Å²) in [6.07, 6.45) is 1.62. The summed E-state index contributed by atoms with van der Waals surface area (Å²) in [4.78, 5) is 24.5. The van der Waals surface area contributed by atoms with Gasteiger partial charge < -0.3 is 9.30 Å². The molecule has 0 fully saturated rings. The molecule has 4 nitrogen and oxygen atoms in total. The number of Topliss-reactive ketones (excluding diaryl/α,β-unsaturated/α-hetero) is 1. The monoisotopic (exact) mass is 349 g/mol. The third-order valence-electron chi connectivity index (χ3n) is 3.20. The van der Waals surface area contributed by atoms with E-state index in [1.54, 1.807) is 25.3 Å². The Labute approximate surface area is 131 Å². The normalized spacial score (nSPS) is 10.5. The predicted octanol–water partition coefficient (Wildman–Crippen LogP) is 3.12. The number of methoxy groups -OCH3 is 1. The van der Waals surface area contributed by atoms with Crippen LogP contribution in [0.1, 0.15) is 21.5 Å². The van der Waals surface area contributed by atoms with Gasteiger partial charge >= 0.3 is 0 Å². The van der Waals surface area contributed by atoms with Gasteiger partial charge in [-0.3, -0.25) is 9.59 Å². The summed E-state index contributed by atoms with van der Waals surface area (Å²) in [5.41, 5.74) is 1.91. The lowest BCUT2D eigenvalue weighted by Crippen LogP contribution is -2.25. The number of rotatable bonds is 4. The van der Waals surface area contributed by atoms with Crippen LogP contribution in [0, 0.1) is 13.8 Å². The standard InChI is InChI=1S/C16H16BrNO3/c1-10-4-5-13(15(6-10)21-3)14(19)9-18-8-12(17)7-11(2)16(18)20/h4-8H,9H2,1-3H3. The van der Waals surface area contributed by atoms with E-state index in [0.29, 0.717) is 16.9 Å². The van der Waals surface area contributed by atoms with E-state index in [4.69, 9.17) is 4.74 Å². The van der Waals surface area contributed by atoms with E-state index < -0.39 is 0 Å². The van der Waals surface area contributed by atoms with Gasteiger partial charge in [0.2, 0.25) is 0 Å². The minimum atomic E-state index is -0.169. The number of ketones is 1. The van der Waals surface area contributed by atoms with Crippen molar-refractivity contribution in [2.24, 2.45) is 0 Å². The molecule has 0 aliphatic heterocycles. The molecule has 0 radical (unpaired) electrons. The molecule has 0 bridgehead atoms. The Morgan fingerprint density at radius 3 is 2.67 bits per heavy atom. The lowest BCUT2D eigenvalue weighted by molar-refractivity contribution is 0.0968. The molecule has 110 valence electrons. The number of carbonyl (C=O) groups is 1. The zero-order chi connectivity index (χ0) is 15.6. The number of ether oxygens (including phenoxy) is 1. The highest BCUT2D eigenvalue weighted by atomic mass is 79.9. The Morgan fingerprint density at radius 2 is 2.00 bits per heavy atom. The number of benzene rings is 1. The van der Waals surface area contributed by atoms with Gasteiger partial charge in [-0.1, -0.05) is 6.07 Å². The molecular weight excluding hydrogens is 334 g/mol. The van der Waals surface area contributed by atoms with Crippen molar-refractivity contribution in [3.8, 4) is 5.75 Å². The van der Waals surface area contributed by atoms with Crippen LogP contribution in [-0.4, -0.2) is 17.5 Å². The molecule has 1 aromatic carbocycles. The van der Waals surface area contributed by atoms with Crippen LogP contribution in [0.4, 0.5) is 0 Å². The molecule has 0 amide bonds. The fourth-order valence-electron chi connectivity index (χ4n) is 2.13. The second kappa shape index (κ2) is 6.26. The van der Waals surface area contributed by atoms with Gasteiger partial charge in [-0.15, -0.1) is 0 Å². The molecule has 1 aromatic heterocycles. The number of aryl methyl sites for hydroxylation is 2. The Balaban J connectivity index is 2.37. The Morgan fingerprint density at radius 1 is 1.29 bits per heavy atom. The molecule has 1 heterocycles. The molecule has 0 aliphatic rings. The van der Waals surface area contributed by atoms with E-state index >= 15 is 0 Å². The molecule has 0 saturated carbocycles. The predicted molar refractivity (Wildman–Crippen MR) is 85.2 cm³/mol. The Hall–Kier alpha value is -1.88. The average Bonchev–Trinajstić information content (AvgIpc) is 2.43. The third kappa shape index (κ3) is 3.42. The van der Waals surface area contributed by atoms with Crippen molar-refractivity contribution in [3.05, 3.63) is 62.0 Å². The SMILES string of the molecule is COc1cc(C)ccc1C(=O)Cn1cc(Br)cc(C)c1=O. The first-order valence-electron chi connectivity index (χ1n) is 6.47. The fourth-order valence-corrected chi connectivity index (χ4v) is 2.72. The lowest BCUT2D eigenvalue weighted by atomic mass is 10.1. The number of pyridine rings is 1. The topological polar surface area (TPSA) is 48.3 Å². The van der Waals surface area contributed by atoms with Gasteiger partial charge in [-0.2, -0.15) is 0 Å². The Bertz CT molecular complexity index is 750. The van der Waals surface area contributed by atoms with Gasteiger partial charge in [0.05, 0.1) is 19.2 Å². The molecule has 0 spiro atoms. The van der Waals surface area contributed by atoms with Crippen LogP contribution in [0.2, 0.25) is 0 Å². The largest absolute Gasteiger partial charge is 0.496 e. The van der Waals surface area contributed by atoms with E-state index in [1.165, 1.54) is 11.7 Å². The molecule has 0 saturated heterocycles. The maximum Gasteiger partial charge on any atom is 0.253 e. The van der Waals surface area contributed by atoms with Crippen molar-refractivity contribution >= 4 is 21.7 Å². The molecule has 2 rings (SSSR count). The summed E-state index contributed by atoms with van der Waals surface area (Å²) >= 11 is 3.34. The first-order valence-corrected chi connectivity index (χ1v) is 7.26. The summed E-state index contributed by atoms with van der Waals surface area (Å²) in [6.45, 7) is 3.64. The van der Waals surface area contributed by atoms with Crippen LogP contribution >= 0.6 is 15.9 Å². The van der Waals surface area contributed by atoms with Gasteiger partial charge in [0.15, 0.2) is 5.78 Å². The Kier molecular flexibility index (Phi) is 4.63. The van der Waals surface area contributed by atoms with Crippen LogP contribution in [-0.2, 0) is 6.54 Å². The minimum Gasteiger partial charge on any atom is -0.496 e. The van der Waals surface area contributed by atoms with Crippen molar-refractivity contribution < 1.29 is 9.53 Å². The van der Waals surface area contributed by atoms with Gasteiger partial charge in [0, 0.05) is 16.2 Å². The zero-order valence-corrected chi connectivity index (χ0v) is 13.7. The second-order valence-electron chi connectivity index (χ2n) is 4.90. The van der Waals surface area contributed by atoms with E-state index in [0.717, 1.165) is 10.0 Å². The smallest absolute Gasteiger partial charge is 0.253 e. The number of carbonyl (C=O) groups excluding carboxylic acids is 1. The average molecular weight is 350 g/mol. The van der Waals surface area contributed by atoms with Crippen molar-refractivity contribution in [2.75, 3.05) is 7.11 Å². The summed E-state index contributed by atoms with van der Waals surface area (Å²) in [5.74, 6) is 0.367. The highest BCUT2D eigenvalue weighted by Crippen LogP contribution is 2.21. The lowest BCUT2D eigenvalue weighted by Gasteiger charge is -2.10. The van der Waals surface area contributed by atoms with Crippen molar-refractivity contribution in [2.45, 2.75) is 20.4 Å². The number of hydrogen-bond acceptors (Lipinski definition) is 3. The van der Waals surface area contributed by atoms with E-state index in [9.17, 15) is 9.59 Å². The number of nitrogens with zero attached hydrogens (tertiary/aromatic N) is 1. The number of hydrogen-bond donors (Lipinski definition) is 0. The number of halogens is 1. The fraction of sp³-hybridized carbons (Fsp3) is 0.250. The van der Waals surface area contributed by atoms with Crippen LogP contribution < -0.4 is 10.3 Å². The molecule has 2 aromatic rings. The van der Waals surface area contributed by atoms with Crippen LogP contribution in [0.25, 0.3) is 0 Å². The van der Waals surface area contributed by atoms with Crippen LogP contribution in [0.5, 0.6) is 5.75 Å². The second-order valence-corrected chi connectivity index (χ2v) is 5.82. The van der Waals surface area contributed by atoms with Crippen LogP contribution in [0.15, 0.2) is 39.7 Å². The molecular formula is C16H16BrNO3. The van der Waals surface area contributed by atoms with Crippen LogP contribution in [0.3, 0.4) is 0 Å². The quantitative estimate of drug-likeness (QED) is 0.796. The summed E-state index contributed by atoms with van der Waals surface area (Å²) < 4.78 is 7.42. The molecule has 0 N–H and O–H groups in total. The molecule has 21 heavy (non-hydrogen) atoms.